The van der Waals surface area contributed by atoms with E-state index in [9.17, 15) is 5.11 Å². The van der Waals surface area contributed by atoms with Gasteiger partial charge in [0.15, 0.2) is 0 Å². The van der Waals surface area contributed by atoms with Gasteiger partial charge in [-0.2, -0.15) is 0 Å². The quantitative estimate of drug-likeness (QED) is 0.658. The van der Waals surface area contributed by atoms with E-state index in [4.69, 9.17) is 9.98 Å². The Bertz CT molecular complexity index is 989. The summed E-state index contributed by atoms with van der Waals surface area (Å²) in [5.74, 6) is 0.218. The van der Waals surface area contributed by atoms with Crippen molar-refractivity contribution in [2.24, 2.45) is 4.99 Å². The number of aliphatic imine (C=N–C) groups is 1. The minimum Gasteiger partial charge on any atom is -0.508 e. The topological polar surface area (TPSA) is 57.5 Å². The molecule has 2 aromatic carbocycles. The van der Waals surface area contributed by atoms with E-state index < -0.39 is 0 Å². The average molecular weight is 317 g/mol. The Hall–Kier alpha value is -2.88. The summed E-state index contributed by atoms with van der Waals surface area (Å²) in [5, 5.41) is 14.9. The Balaban J connectivity index is 2.05. The summed E-state index contributed by atoms with van der Waals surface area (Å²) in [6.45, 7) is 0. The second-order valence-corrected chi connectivity index (χ2v) is 6.04. The Morgan fingerprint density at radius 3 is 2.62 bits per heavy atom. The van der Waals surface area contributed by atoms with Gasteiger partial charge in [0.1, 0.15) is 5.75 Å². The largest absolute Gasteiger partial charge is 0.508 e. The molecule has 2 N–H and O–H groups in total. The smallest absolute Gasteiger partial charge is 0.117 e. The maximum Gasteiger partial charge on any atom is 0.117 e. The van der Waals surface area contributed by atoms with Crippen LogP contribution in [0.3, 0.4) is 0 Å². The fourth-order valence-electron chi connectivity index (χ4n) is 3.13. The van der Waals surface area contributed by atoms with Gasteiger partial charge in [-0.3, -0.25) is 4.99 Å². The first kappa shape index (κ1) is 14.7. The third-order valence-corrected chi connectivity index (χ3v) is 4.39. The van der Waals surface area contributed by atoms with E-state index in [0.717, 1.165) is 58.2 Å². The Morgan fingerprint density at radius 2 is 1.88 bits per heavy atom. The van der Waals surface area contributed by atoms with E-state index in [0.29, 0.717) is 0 Å². The van der Waals surface area contributed by atoms with Crippen LogP contribution >= 0.6 is 0 Å². The van der Waals surface area contributed by atoms with Crippen LogP contribution in [0.4, 0.5) is 11.4 Å². The zero-order chi connectivity index (χ0) is 16.5. The van der Waals surface area contributed by atoms with E-state index in [2.05, 4.69) is 23.5 Å². The van der Waals surface area contributed by atoms with Crippen LogP contribution < -0.4 is 5.32 Å². The highest BCUT2D eigenvalue weighted by Crippen LogP contribution is 2.36. The van der Waals surface area contributed by atoms with Gasteiger partial charge < -0.3 is 10.4 Å². The molecule has 1 heterocycles. The molecule has 0 aliphatic heterocycles. The van der Waals surface area contributed by atoms with Crippen molar-refractivity contribution in [2.75, 3.05) is 12.4 Å². The second-order valence-electron chi connectivity index (χ2n) is 6.04. The number of phenolic OH excluding ortho intramolecular Hbond substituents is 1. The van der Waals surface area contributed by atoms with Gasteiger partial charge in [-0.05, 0) is 55.7 Å². The molecule has 1 aliphatic carbocycles. The molecule has 0 fully saturated rings. The molecule has 0 amide bonds. The molecule has 4 nitrogen and oxygen atoms in total. The first-order valence-electron chi connectivity index (χ1n) is 8.23. The van der Waals surface area contributed by atoms with Crippen molar-refractivity contribution in [1.82, 2.24) is 4.98 Å². The van der Waals surface area contributed by atoms with Crippen LogP contribution in [-0.2, 0) is 0 Å². The number of hydrogen-bond donors (Lipinski definition) is 2. The third kappa shape index (κ3) is 2.60. The van der Waals surface area contributed by atoms with Crippen molar-refractivity contribution in [1.29, 1.82) is 0 Å². The minimum atomic E-state index is 0.218. The van der Waals surface area contributed by atoms with Crippen molar-refractivity contribution in [3.05, 3.63) is 48.6 Å². The lowest BCUT2D eigenvalue weighted by Gasteiger charge is -2.12. The van der Waals surface area contributed by atoms with Crippen LogP contribution in [0.1, 0.15) is 19.3 Å². The summed E-state index contributed by atoms with van der Waals surface area (Å²) in [6.07, 6.45) is 7.55. The molecule has 0 saturated heterocycles. The molecule has 0 atom stereocenters. The zero-order valence-corrected chi connectivity index (χ0v) is 13.6. The van der Waals surface area contributed by atoms with Gasteiger partial charge in [-0.25, -0.2) is 4.98 Å². The lowest BCUT2D eigenvalue weighted by atomic mass is 10.0. The fourth-order valence-corrected chi connectivity index (χ4v) is 3.13. The summed E-state index contributed by atoms with van der Waals surface area (Å²) in [6, 6.07) is 11.4. The van der Waals surface area contributed by atoms with E-state index in [1.807, 2.05) is 25.2 Å². The molecule has 0 radical (unpaired) electrons. The highest BCUT2D eigenvalue weighted by Gasteiger charge is 2.11. The van der Waals surface area contributed by atoms with E-state index in [1.165, 1.54) is 0 Å². The highest BCUT2D eigenvalue weighted by atomic mass is 16.3. The number of aromatic nitrogens is 1. The van der Waals surface area contributed by atoms with Crippen molar-refractivity contribution in [3.8, 4) is 5.75 Å². The molecule has 1 aromatic heterocycles. The molecule has 4 heteroatoms. The van der Waals surface area contributed by atoms with Crippen molar-refractivity contribution >= 4 is 38.9 Å². The standard InChI is InChI=1S/C20H19N3O/c1-21-14-7-9-16-18(11-14)23-19-12-15(24)8-10-17(19)20(16)22-13-5-3-2-4-6-13/h3,5,7-12,21,24H,2,4,6H2,1H3. The predicted molar refractivity (Wildman–Crippen MR) is 101 cm³/mol. The average Bonchev–Trinajstić information content (AvgIpc) is 2.61. The molecule has 3 aromatic rings. The molecular formula is C20H19N3O. The van der Waals surface area contributed by atoms with Gasteiger partial charge in [-0.1, -0.05) is 6.08 Å². The van der Waals surface area contributed by atoms with Gasteiger partial charge in [0.25, 0.3) is 0 Å². The summed E-state index contributed by atoms with van der Waals surface area (Å²) in [4.78, 5) is 9.66. The number of pyridine rings is 1. The fraction of sp³-hybridized carbons (Fsp3) is 0.200. The van der Waals surface area contributed by atoms with Crippen LogP contribution in [0.2, 0.25) is 0 Å². The first-order valence-corrected chi connectivity index (χ1v) is 8.23. The number of benzene rings is 2. The van der Waals surface area contributed by atoms with Gasteiger partial charge in [-0.15, -0.1) is 0 Å². The van der Waals surface area contributed by atoms with Crippen molar-refractivity contribution in [3.63, 3.8) is 0 Å². The van der Waals surface area contributed by atoms with E-state index >= 15 is 0 Å². The van der Waals surface area contributed by atoms with Crippen LogP contribution in [0.25, 0.3) is 21.8 Å². The van der Waals surface area contributed by atoms with E-state index in [1.54, 1.807) is 12.1 Å². The number of nitrogens with zero attached hydrogens (tertiary/aromatic N) is 2. The molecule has 24 heavy (non-hydrogen) atoms. The minimum absolute atomic E-state index is 0.218. The molecule has 0 saturated carbocycles. The number of aromatic hydroxyl groups is 1. The summed E-state index contributed by atoms with van der Waals surface area (Å²) in [5.41, 5.74) is 4.67. The van der Waals surface area contributed by atoms with Crippen LogP contribution in [-0.4, -0.2) is 22.8 Å². The number of allylic oxidation sites excluding steroid dienone is 2. The van der Waals surface area contributed by atoms with E-state index in [-0.39, 0.29) is 5.75 Å². The van der Waals surface area contributed by atoms with Crippen molar-refractivity contribution < 1.29 is 5.11 Å². The number of rotatable bonds is 2. The number of nitrogens with one attached hydrogen (secondary N) is 1. The van der Waals surface area contributed by atoms with Gasteiger partial charge >= 0.3 is 0 Å². The van der Waals surface area contributed by atoms with Gasteiger partial charge in [0.05, 0.1) is 16.7 Å². The molecule has 0 unspecified atom stereocenters. The molecule has 1 aliphatic rings. The van der Waals surface area contributed by atoms with Crippen LogP contribution in [0.15, 0.2) is 53.5 Å². The molecule has 120 valence electrons. The maximum atomic E-state index is 9.82. The predicted octanol–water partition coefficient (Wildman–Crippen LogP) is 4.95. The van der Waals surface area contributed by atoms with Crippen LogP contribution in [0.5, 0.6) is 5.75 Å². The van der Waals surface area contributed by atoms with Gasteiger partial charge in [0, 0.05) is 35.3 Å². The number of hydrogen-bond acceptors (Lipinski definition) is 4. The lowest BCUT2D eigenvalue weighted by Crippen LogP contribution is -1.98. The first-order chi connectivity index (χ1) is 11.7. The maximum absolute atomic E-state index is 9.82. The Labute approximate surface area is 140 Å². The number of anilines is 1. The van der Waals surface area contributed by atoms with Gasteiger partial charge in [0.2, 0.25) is 0 Å². The third-order valence-electron chi connectivity index (χ3n) is 4.39. The SMILES string of the molecule is CNc1ccc2c(N=C3C=CCCC3)c3ccc(O)cc3nc2c1. The summed E-state index contributed by atoms with van der Waals surface area (Å²) >= 11 is 0. The summed E-state index contributed by atoms with van der Waals surface area (Å²) < 4.78 is 0. The highest BCUT2D eigenvalue weighted by molar-refractivity contribution is 6.10. The zero-order valence-electron chi connectivity index (χ0n) is 13.6. The second kappa shape index (κ2) is 5.96. The Kier molecular flexibility index (Phi) is 3.65. The monoisotopic (exact) mass is 317 g/mol. The molecular weight excluding hydrogens is 298 g/mol. The molecule has 4 rings (SSSR count). The van der Waals surface area contributed by atoms with Crippen LogP contribution in [0, 0.1) is 0 Å². The van der Waals surface area contributed by atoms with Crippen molar-refractivity contribution in [2.45, 2.75) is 19.3 Å². The number of fused-ring (bicyclic) bond motifs is 2. The summed E-state index contributed by atoms with van der Waals surface area (Å²) in [7, 11) is 1.89. The number of phenols is 1. The molecule has 0 bridgehead atoms. The normalized spacial score (nSPS) is 16.1. The Morgan fingerprint density at radius 1 is 1.08 bits per heavy atom. The molecule has 0 spiro atoms. The lowest BCUT2D eigenvalue weighted by molar-refractivity contribution is 0.476.